The van der Waals surface area contributed by atoms with Gasteiger partial charge in [0.2, 0.25) is 0 Å². The molecule has 0 saturated heterocycles. The first kappa shape index (κ1) is 18.5. The van der Waals surface area contributed by atoms with E-state index in [2.05, 4.69) is 4.98 Å². The van der Waals surface area contributed by atoms with Crippen molar-refractivity contribution < 1.29 is 22.0 Å². The van der Waals surface area contributed by atoms with E-state index in [1.54, 1.807) is 6.26 Å². The van der Waals surface area contributed by atoms with Crippen molar-refractivity contribution in [2.75, 3.05) is 6.26 Å². The lowest BCUT2D eigenvalue weighted by Gasteiger charge is -2.14. The van der Waals surface area contributed by atoms with Gasteiger partial charge in [0, 0.05) is 13.1 Å². The molecule has 0 aliphatic rings. The third-order valence-corrected chi connectivity index (χ3v) is 4.35. The first-order valence-electron chi connectivity index (χ1n) is 6.79. The number of halogens is 5. The van der Waals surface area contributed by atoms with E-state index in [0.717, 1.165) is 24.9 Å². The predicted molar refractivity (Wildman–Crippen MR) is 86.6 cm³/mol. The molecule has 138 valence electrons. The molecular weight excluding hydrogens is 402 g/mol. The second kappa shape index (κ2) is 6.16. The van der Waals surface area contributed by atoms with E-state index in [9.17, 15) is 27.2 Å². The van der Waals surface area contributed by atoms with Crippen molar-refractivity contribution in [2.24, 2.45) is 7.05 Å². The van der Waals surface area contributed by atoms with E-state index in [0.29, 0.717) is 0 Å². The van der Waals surface area contributed by atoms with Crippen LogP contribution < -0.4 is 11.2 Å². The van der Waals surface area contributed by atoms with Crippen LogP contribution in [0.5, 0.6) is 0 Å². The molecule has 2 heterocycles. The van der Waals surface area contributed by atoms with Crippen LogP contribution in [0.2, 0.25) is 5.02 Å². The zero-order chi connectivity index (χ0) is 19.4. The van der Waals surface area contributed by atoms with Crippen molar-refractivity contribution in [1.29, 1.82) is 0 Å². The molecule has 0 N–H and O–H groups in total. The van der Waals surface area contributed by atoms with Gasteiger partial charge in [0.05, 0.1) is 5.02 Å². The maximum atomic E-state index is 14.5. The van der Waals surface area contributed by atoms with Crippen LogP contribution in [0.1, 0.15) is 5.69 Å². The Kier molecular flexibility index (Phi) is 4.39. The molecule has 0 bridgehead atoms. The first-order valence-corrected chi connectivity index (χ1v) is 8.39. The van der Waals surface area contributed by atoms with Gasteiger partial charge < -0.3 is 4.42 Å². The molecule has 6 nitrogen and oxygen atoms in total. The number of hydrogen-bond acceptors (Lipinski definition) is 5. The quantitative estimate of drug-likeness (QED) is 0.480. The van der Waals surface area contributed by atoms with Crippen molar-refractivity contribution >= 4 is 34.5 Å². The number of alkyl halides is 3. The lowest BCUT2D eigenvalue weighted by Crippen LogP contribution is -2.41. The number of oxazole rings is 1. The Bertz CT molecular complexity index is 1150. The summed E-state index contributed by atoms with van der Waals surface area (Å²) in [4.78, 5) is 28.6. The highest BCUT2D eigenvalue weighted by Gasteiger charge is 2.35. The molecule has 0 amide bonds. The molecule has 3 rings (SSSR count). The van der Waals surface area contributed by atoms with Gasteiger partial charge in [0.1, 0.15) is 16.9 Å². The van der Waals surface area contributed by atoms with Crippen molar-refractivity contribution in [3.05, 3.63) is 49.5 Å². The van der Waals surface area contributed by atoms with E-state index in [-0.39, 0.29) is 36.5 Å². The van der Waals surface area contributed by atoms with Crippen molar-refractivity contribution in [3.63, 3.8) is 0 Å². The van der Waals surface area contributed by atoms with E-state index >= 15 is 0 Å². The third-order valence-electron chi connectivity index (χ3n) is 3.54. The summed E-state index contributed by atoms with van der Waals surface area (Å²) in [7, 11) is 0.819. The second-order valence-corrected chi connectivity index (χ2v) is 6.26. The van der Waals surface area contributed by atoms with Crippen molar-refractivity contribution in [1.82, 2.24) is 14.1 Å². The smallest absolute Gasteiger partial charge is 0.429 e. The van der Waals surface area contributed by atoms with Crippen LogP contribution in [0.4, 0.5) is 17.6 Å². The Morgan fingerprint density at radius 3 is 2.50 bits per heavy atom. The molecule has 1 aromatic carbocycles. The van der Waals surface area contributed by atoms with Gasteiger partial charge in [-0.25, -0.2) is 18.7 Å². The van der Waals surface area contributed by atoms with Crippen molar-refractivity contribution in [2.45, 2.75) is 11.4 Å². The Balaban J connectivity index is 2.46. The number of aromatic nitrogens is 3. The number of rotatable bonds is 2. The molecule has 0 saturated carbocycles. The monoisotopic (exact) mass is 409 g/mol. The lowest BCUT2D eigenvalue weighted by molar-refractivity contribution is -0.144. The highest BCUT2D eigenvalue weighted by atomic mass is 35.5. The minimum absolute atomic E-state index is 0.0266. The van der Waals surface area contributed by atoms with E-state index in [4.69, 9.17) is 16.0 Å². The van der Waals surface area contributed by atoms with Crippen LogP contribution in [0.25, 0.3) is 16.8 Å². The van der Waals surface area contributed by atoms with Gasteiger partial charge in [0.25, 0.3) is 10.8 Å². The molecule has 2 aromatic heterocycles. The average Bonchev–Trinajstić information content (AvgIpc) is 2.97. The molecule has 0 fully saturated rings. The highest BCUT2D eigenvalue weighted by molar-refractivity contribution is 7.98. The molecule has 0 aliphatic heterocycles. The molecule has 26 heavy (non-hydrogen) atoms. The largest absolute Gasteiger partial charge is 0.431 e. The molecule has 0 aliphatic carbocycles. The minimum Gasteiger partial charge on any atom is -0.429 e. The van der Waals surface area contributed by atoms with Gasteiger partial charge in [-0.3, -0.25) is 9.36 Å². The summed E-state index contributed by atoms with van der Waals surface area (Å²) in [5, 5.41) is -0.0624. The SMILES string of the molecule is CSc1nc2c(Cl)cc(F)c(-n3c(=O)cc(C(F)(F)F)n(C)c3=O)c2o1. The standard InChI is InChI=1S/C14H8ClF4N3O3S/c1-21-7(14(17,18)19)4-8(23)22(13(21)24)10-6(16)3-5(15)9-11(10)25-12(20-9)26-2/h3-4H,1-2H3. The van der Waals surface area contributed by atoms with Gasteiger partial charge in [-0.05, 0) is 12.3 Å². The fraction of sp³-hybridized carbons (Fsp3) is 0.214. The summed E-state index contributed by atoms with van der Waals surface area (Å²) in [5.74, 6) is -1.12. The van der Waals surface area contributed by atoms with Gasteiger partial charge in [-0.15, -0.1) is 0 Å². The van der Waals surface area contributed by atoms with E-state index in [1.165, 1.54) is 0 Å². The fourth-order valence-electron chi connectivity index (χ4n) is 2.38. The molecule has 0 atom stereocenters. The summed E-state index contributed by atoms with van der Waals surface area (Å²) < 4.78 is 59.1. The number of thioether (sulfide) groups is 1. The molecule has 12 heteroatoms. The van der Waals surface area contributed by atoms with Crippen LogP contribution in [0, 0.1) is 5.82 Å². The Hall–Kier alpha value is -2.27. The van der Waals surface area contributed by atoms with Crippen LogP contribution in [-0.2, 0) is 13.2 Å². The summed E-state index contributed by atoms with van der Waals surface area (Å²) in [6, 6.07) is 1.00. The van der Waals surface area contributed by atoms with Crippen LogP contribution in [0.15, 0.2) is 31.4 Å². The molecule has 3 aromatic rings. The van der Waals surface area contributed by atoms with Gasteiger partial charge in [0.15, 0.2) is 11.4 Å². The van der Waals surface area contributed by atoms with Gasteiger partial charge in [-0.2, -0.15) is 13.2 Å². The molecule has 0 radical (unpaired) electrons. The molecule has 0 unspecified atom stereocenters. The Labute approximate surface area is 151 Å². The number of benzene rings is 1. The van der Waals surface area contributed by atoms with Gasteiger partial charge >= 0.3 is 11.9 Å². The van der Waals surface area contributed by atoms with Crippen LogP contribution in [0.3, 0.4) is 0 Å². The van der Waals surface area contributed by atoms with E-state index in [1.807, 2.05) is 0 Å². The average molecular weight is 410 g/mol. The Morgan fingerprint density at radius 2 is 1.92 bits per heavy atom. The topological polar surface area (TPSA) is 70.0 Å². The summed E-state index contributed by atoms with van der Waals surface area (Å²) in [5.41, 5.74) is -5.23. The summed E-state index contributed by atoms with van der Waals surface area (Å²) in [6.45, 7) is 0. The Morgan fingerprint density at radius 1 is 1.27 bits per heavy atom. The number of fused-ring (bicyclic) bond motifs is 1. The zero-order valence-corrected chi connectivity index (χ0v) is 14.6. The lowest BCUT2D eigenvalue weighted by atomic mass is 10.2. The minimum atomic E-state index is -4.93. The van der Waals surface area contributed by atoms with Gasteiger partial charge in [-0.1, -0.05) is 23.4 Å². The summed E-state index contributed by atoms with van der Waals surface area (Å²) in [6.07, 6.45) is -3.32. The molecular formula is C14H8ClF4N3O3S. The maximum absolute atomic E-state index is 14.5. The second-order valence-electron chi connectivity index (χ2n) is 5.09. The van der Waals surface area contributed by atoms with Crippen LogP contribution >= 0.6 is 23.4 Å². The van der Waals surface area contributed by atoms with Crippen LogP contribution in [-0.4, -0.2) is 20.4 Å². The van der Waals surface area contributed by atoms with Crippen molar-refractivity contribution in [3.8, 4) is 5.69 Å². The summed E-state index contributed by atoms with van der Waals surface area (Å²) >= 11 is 6.95. The highest BCUT2D eigenvalue weighted by Crippen LogP contribution is 2.33. The molecule has 0 spiro atoms. The number of nitrogens with zero attached hydrogens (tertiary/aromatic N) is 3. The predicted octanol–water partition coefficient (Wildman–Crippen LogP) is 3.21. The number of hydrogen-bond donors (Lipinski definition) is 0. The fourth-order valence-corrected chi connectivity index (χ4v) is 2.95. The third kappa shape index (κ3) is 2.80. The normalized spacial score (nSPS) is 12.1. The first-order chi connectivity index (χ1) is 12.1. The maximum Gasteiger partial charge on any atom is 0.431 e. The van der Waals surface area contributed by atoms with E-state index < -0.39 is 34.6 Å². The zero-order valence-electron chi connectivity index (χ0n) is 13.0.